The minimum atomic E-state index is -0.710. The molecule has 180 valence electrons. The number of rotatable bonds is 7. The normalized spacial score (nSPS) is 15.6. The minimum Gasteiger partial charge on any atom is -0.466 e. The van der Waals surface area contributed by atoms with Gasteiger partial charge in [0.25, 0.3) is 0 Å². The lowest BCUT2D eigenvalue weighted by atomic mass is 9.94. The third kappa shape index (κ3) is 5.69. The van der Waals surface area contributed by atoms with Gasteiger partial charge in [-0.1, -0.05) is 43.1 Å². The first-order chi connectivity index (χ1) is 16.2. The standard InChI is InChI=1S/C25H29ClN4O4/c1-5-6-12-30-16(3)21(23(31)34-4)22(29-25(30)33)17-8-7-9-18(13-17)27-24(32)28-19-11-10-15(2)20(26)14-19/h7-11,13-14,22H,5-6,12H2,1-4H3,(H,29,33)(H2,27,28,32)/t22-/m0/s1. The molecule has 1 atom stereocenters. The molecule has 0 bridgehead atoms. The van der Waals surface area contributed by atoms with E-state index in [2.05, 4.69) is 16.0 Å². The van der Waals surface area contributed by atoms with Gasteiger partial charge in [0.2, 0.25) is 0 Å². The van der Waals surface area contributed by atoms with Gasteiger partial charge in [-0.15, -0.1) is 0 Å². The lowest BCUT2D eigenvalue weighted by molar-refractivity contribution is -0.136. The van der Waals surface area contributed by atoms with E-state index >= 15 is 0 Å². The number of methoxy groups -OCH3 is 1. The highest BCUT2D eigenvalue weighted by Gasteiger charge is 2.36. The van der Waals surface area contributed by atoms with E-state index < -0.39 is 18.0 Å². The highest BCUT2D eigenvalue weighted by Crippen LogP contribution is 2.32. The van der Waals surface area contributed by atoms with Gasteiger partial charge in [-0.05, 0) is 55.7 Å². The van der Waals surface area contributed by atoms with Crippen LogP contribution in [0.1, 0.15) is 43.9 Å². The first-order valence-electron chi connectivity index (χ1n) is 11.1. The van der Waals surface area contributed by atoms with E-state index in [0.717, 1.165) is 18.4 Å². The summed E-state index contributed by atoms with van der Waals surface area (Å²) in [5.41, 5.74) is 3.52. The molecule has 0 saturated carbocycles. The molecule has 2 aromatic carbocycles. The molecular formula is C25H29ClN4O4. The topological polar surface area (TPSA) is 99.8 Å². The van der Waals surface area contributed by atoms with Crippen LogP contribution in [-0.2, 0) is 9.53 Å². The lowest BCUT2D eigenvalue weighted by Crippen LogP contribution is -2.48. The Labute approximate surface area is 204 Å². The van der Waals surface area contributed by atoms with Crippen molar-refractivity contribution >= 4 is 41.0 Å². The third-order valence-corrected chi connectivity index (χ3v) is 6.05. The molecule has 0 saturated heterocycles. The lowest BCUT2D eigenvalue weighted by Gasteiger charge is -2.35. The Kier molecular flexibility index (Phi) is 8.17. The molecule has 0 radical (unpaired) electrons. The maximum absolute atomic E-state index is 12.8. The minimum absolute atomic E-state index is 0.282. The molecule has 0 unspecified atom stereocenters. The first-order valence-corrected chi connectivity index (χ1v) is 11.4. The van der Waals surface area contributed by atoms with Crippen molar-refractivity contribution in [1.29, 1.82) is 0 Å². The van der Waals surface area contributed by atoms with Gasteiger partial charge in [0.05, 0.1) is 18.7 Å². The summed E-state index contributed by atoms with van der Waals surface area (Å²) < 4.78 is 5.01. The summed E-state index contributed by atoms with van der Waals surface area (Å²) in [4.78, 5) is 39.5. The summed E-state index contributed by atoms with van der Waals surface area (Å²) in [6.07, 6.45) is 1.73. The Morgan fingerprint density at radius 3 is 2.47 bits per heavy atom. The van der Waals surface area contributed by atoms with E-state index in [1.807, 2.05) is 19.9 Å². The van der Waals surface area contributed by atoms with E-state index in [-0.39, 0.29) is 6.03 Å². The van der Waals surface area contributed by atoms with Crippen molar-refractivity contribution < 1.29 is 19.1 Å². The van der Waals surface area contributed by atoms with Crippen LogP contribution in [0.2, 0.25) is 5.02 Å². The second-order valence-corrected chi connectivity index (χ2v) is 8.45. The van der Waals surface area contributed by atoms with Crippen LogP contribution in [0.5, 0.6) is 0 Å². The molecule has 8 nitrogen and oxygen atoms in total. The summed E-state index contributed by atoms with van der Waals surface area (Å²) in [7, 11) is 1.31. The van der Waals surface area contributed by atoms with Gasteiger partial charge in [0, 0.05) is 28.6 Å². The van der Waals surface area contributed by atoms with Gasteiger partial charge in [-0.25, -0.2) is 14.4 Å². The van der Waals surface area contributed by atoms with Crippen molar-refractivity contribution in [3.63, 3.8) is 0 Å². The number of allylic oxidation sites excluding steroid dienone is 1. The summed E-state index contributed by atoms with van der Waals surface area (Å²) in [5, 5.41) is 8.97. The monoisotopic (exact) mass is 484 g/mol. The maximum atomic E-state index is 12.8. The van der Waals surface area contributed by atoms with Gasteiger partial charge < -0.3 is 20.7 Å². The van der Waals surface area contributed by atoms with Crippen molar-refractivity contribution in [3.05, 3.63) is 69.9 Å². The van der Waals surface area contributed by atoms with Gasteiger partial charge in [-0.2, -0.15) is 0 Å². The van der Waals surface area contributed by atoms with E-state index in [0.29, 0.717) is 39.8 Å². The molecule has 3 N–H and O–H groups in total. The molecule has 0 aliphatic carbocycles. The summed E-state index contributed by atoms with van der Waals surface area (Å²) in [5.74, 6) is -0.517. The Morgan fingerprint density at radius 2 is 1.82 bits per heavy atom. The van der Waals surface area contributed by atoms with Crippen molar-refractivity contribution in [1.82, 2.24) is 10.2 Å². The van der Waals surface area contributed by atoms with Gasteiger partial charge in [-0.3, -0.25) is 4.90 Å². The van der Waals surface area contributed by atoms with Gasteiger partial charge >= 0.3 is 18.0 Å². The molecule has 3 rings (SSSR count). The molecule has 1 aliphatic rings. The number of nitrogens with zero attached hydrogens (tertiary/aromatic N) is 1. The summed E-state index contributed by atoms with van der Waals surface area (Å²) in [6, 6.07) is 10.8. The number of ether oxygens (including phenoxy) is 1. The van der Waals surface area contributed by atoms with E-state index in [1.54, 1.807) is 48.2 Å². The van der Waals surface area contributed by atoms with Crippen molar-refractivity contribution in [2.24, 2.45) is 0 Å². The Hall–Kier alpha value is -3.52. The third-order valence-electron chi connectivity index (χ3n) is 5.64. The number of halogens is 1. The zero-order chi connectivity index (χ0) is 24.8. The largest absolute Gasteiger partial charge is 0.466 e. The average Bonchev–Trinajstić information content (AvgIpc) is 2.80. The van der Waals surface area contributed by atoms with Crippen molar-refractivity contribution in [2.75, 3.05) is 24.3 Å². The smallest absolute Gasteiger partial charge is 0.337 e. The Balaban J connectivity index is 1.84. The van der Waals surface area contributed by atoms with Crippen LogP contribution in [0.15, 0.2) is 53.7 Å². The number of hydrogen-bond donors (Lipinski definition) is 3. The van der Waals surface area contributed by atoms with Crippen LogP contribution in [0.3, 0.4) is 0 Å². The van der Waals surface area contributed by atoms with Crippen LogP contribution in [0.4, 0.5) is 21.0 Å². The van der Waals surface area contributed by atoms with Crippen molar-refractivity contribution in [3.8, 4) is 0 Å². The highest BCUT2D eigenvalue weighted by molar-refractivity contribution is 6.31. The first kappa shape index (κ1) is 25.1. The van der Waals surface area contributed by atoms with Crippen LogP contribution in [-0.4, -0.2) is 36.6 Å². The number of urea groups is 2. The van der Waals surface area contributed by atoms with Crippen LogP contribution in [0, 0.1) is 6.92 Å². The fourth-order valence-electron chi connectivity index (χ4n) is 3.75. The predicted octanol–water partition coefficient (Wildman–Crippen LogP) is 5.61. The number of anilines is 2. The predicted molar refractivity (Wildman–Crippen MR) is 133 cm³/mol. The fourth-order valence-corrected chi connectivity index (χ4v) is 3.93. The molecular weight excluding hydrogens is 456 g/mol. The number of esters is 1. The van der Waals surface area contributed by atoms with Crippen molar-refractivity contribution in [2.45, 2.75) is 39.7 Å². The second-order valence-electron chi connectivity index (χ2n) is 8.05. The zero-order valence-electron chi connectivity index (χ0n) is 19.7. The number of nitrogens with one attached hydrogen (secondary N) is 3. The van der Waals surface area contributed by atoms with Crippen LogP contribution >= 0.6 is 11.6 Å². The van der Waals surface area contributed by atoms with E-state index in [4.69, 9.17) is 16.3 Å². The molecule has 1 heterocycles. The number of carbonyl (C=O) groups excluding carboxylic acids is 3. The number of unbranched alkanes of at least 4 members (excludes halogenated alkanes) is 1. The number of benzene rings is 2. The van der Waals surface area contributed by atoms with Crippen LogP contribution in [0.25, 0.3) is 0 Å². The number of aryl methyl sites for hydroxylation is 1. The molecule has 0 aromatic heterocycles. The molecule has 0 spiro atoms. The second kappa shape index (κ2) is 11.1. The van der Waals surface area contributed by atoms with Gasteiger partial charge in [0.1, 0.15) is 0 Å². The molecule has 1 aliphatic heterocycles. The highest BCUT2D eigenvalue weighted by atomic mass is 35.5. The molecule has 2 aromatic rings. The summed E-state index contributed by atoms with van der Waals surface area (Å²) in [6.45, 7) is 6.17. The molecule has 9 heteroatoms. The SMILES string of the molecule is CCCCN1C(=O)N[C@@H](c2cccc(NC(=O)Nc3ccc(C)c(Cl)c3)c2)C(C(=O)OC)=C1C. The summed E-state index contributed by atoms with van der Waals surface area (Å²) >= 11 is 6.13. The number of carbonyl (C=O) groups is 3. The Bertz CT molecular complexity index is 1130. The number of hydrogen-bond acceptors (Lipinski definition) is 4. The van der Waals surface area contributed by atoms with E-state index in [9.17, 15) is 14.4 Å². The zero-order valence-corrected chi connectivity index (χ0v) is 20.5. The molecule has 4 amide bonds. The maximum Gasteiger partial charge on any atom is 0.337 e. The average molecular weight is 485 g/mol. The fraction of sp³-hybridized carbons (Fsp3) is 0.320. The molecule has 34 heavy (non-hydrogen) atoms. The number of amides is 4. The van der Waals surface area contributed by atoms with Gasteiger partial charge in [0.15, 0.2) is 0 Å². The van der Waals surface area contributed by atoms with Crippen LogP contribution < -0.4 is 16.0 Å². The molecule has 0 fully saturated rings. The Morgan fingerprint density at radius 1 is 1.12 bits per heavy atom. The quantitative estimate of drug-likeness (QED) is 0.445. The van der Waals surface area contributed by atoms with E-state index in [1.165, 1.54) is 7.11 Å².